The molecule has 0 spiro atoms. The molecule has 2 aromatic heterocycles. The van der Waals surface area contributed by atoms with Crippen LogP contribution in [0.3, 0.4) is 0 Å². The van der Waals surface area contributed by atoms with Crippen molar-refractivity contribution < 1.29 is 27.6 Å². The molecule has 1 aliphatic carbocycles. The van der Waals surface area contributed by atoms with E-state index in [1.807, 2.05) is 0 Å². The van der Waals surface area contributed by atoms with Crippen molar-refractivity contribution in [3.8, 4) is 0 Å². The van der Waals surface area contributed by atoms with Crippen LogP contribution in [0.5, 0.6) is 0 Å². The van der Waals surface area contributed by atoms with Gasteiger partial charge >= 0.3 is 0 Å². The van der Waals surface area contributed by atoms with E-state index in [-0.39, 0.29) is 23.2 Å². The van der Waals surface area contributed by atoms with Crippen molar-refractivity contribution in [2.75, 3.05) is 11.4 Å². The van der Waals surface area contributed by atoms with Crippen LogP contribution in [-0.4, -0.2) is 30.3 Å². The van der Waals surface area contributed by atoms with Gasteiger partial charge in [0.2, 0.25) is 5.91 Å². The van der Waals surface area contributed by atoms with E-state index >= 15 is 0 Å². The van der Waals surface area contributed by atoms with Gasteiger partial charge in [0.25, 0.3) is 11.8 Å². The van der Waals surface area contributed by atoms with E-state index < -0.39 is 36.1 Å². The Bertz CT molecular complexity index is 1210. The third kappa shape index (κ3) is 5.84. The van der Waals surface area contributed by atoms with Gasteiger partial charge in [-0.3, -0.25) is 19.3 Å². The average Bonchev–Trinajstić information content (AvgIpc) is 3.55. The van der Waals surface area contributed by atoms with Crippen LogP contribution in [0.2, 0.25) is 0 Å². The van der Waals surface area contributed by atoms with Crippen molar-refractivity contribution in [3.05, 3.63) is 77.4 Å². The lowest BCUT2D eigenvalue weighted by Gasteiger charge is -2.32. The number of anilines is 1. The predicted molar refractivity (Wildman–Crippen MR) is 131 cm³/mol. The minimum Gasteiger partial charge on any atom is -0.464 e. The average molecular weight is 496 g/mol. The number of furan rings is 2. The van der Waals surface area contributed by atoms with Gasteiger partial charge in [0.05, 0.1) is 12.8 Å². The molecule has 8 nitrogen and oxygen atoms in total. The molecule has 0 saturated heterocycles. The zero-order valence-electron chi connectivity index (χ0n) is 20.4. The molecule has 3 aromatic rings. The summed E-state index contributed by atoms with van der Waals surface area (Å²) in [4.78, 5) is 40.8. The number of carbonyl (C=O) groups is 3. The Kier molecular flexibility index (Phi) is 7.87. The Labute approximate surface area is 208 Å². The van der Waals surface area contributed by atoms with Crippen molar-refractivity contribution in [2.24, 2.45) is 0 Å². The van der Waals surface area contributed by atoms with Crippen LogP contribution in [0, 0.1) is 19.7 Å². The summed E-state index contributed by atoms with van der Waals surface area (Å²) in [5.41, 5.74) is 0.572. The number of benzene rings is 1. The summed E-state index contributed by atoms with van der Waals surface area (Å²) in [5.74, 6) is -1.29. The van der Waals surface area contributed by atoms with Crippen molar-refractivity contribution in [1.82, 2.24) is 10.6 Å². The molecule has 1 fully saturated rings. The summed E-state index contributed by atoms with van der Waals surface area (Å²) >= 11 is 0. The summed E-state index contributed by atoms with van der Waals surface area (Å²) < 4.78 is 25.5. The molecule has 3 amide bonds. The minimum absolute atomic E-state index is 0.0184. The molecule has 9 heteroatoms. The molecular formula is C27H30FN3O5. The fourth-order valence-electron chi connectivity index (χ4n) is 4.41. The number of hydrogen-bond donors (Lipinski definition) is 2. The fourth-order valence-corrected chi connectivity index (χ4v) is 4.41. The second-order valence-electron chi connectivity index (χ2n) is 9.05. The normalized spacial score (nSPS) is 14.8. The fraction of sp³-hybridized carbons (Fsp3) is 0.370. The van der Waals surface area contributed by atoms with Gasteiger partial charge in [0.1, 0.15) is 17.3 Å². The zero-order valence-corrected chi connectivity index (χ0v) is 20.4. The highest BCUT2D eigenvalue weighted by atomic mass is 19.1. The van der Waals surface area contributed by atoms with Crippen LogP contribution in [0.25, 0.3) is 0 Å². The van der Waals surface area contributed by atoms with E-state index in [9.17, 15) is 18.8 Å². The molecule has 0 bridgehead atoms. The van der Waals surface area contributed by atoms with E-state index in [1.165, 1.54) is 29.4 Å². The van der Waals surface area contributed by atoms with E-state index in [0.29, 0.717) is 11.3 Å². The number of nitrogens with one attached hydrogen (secondary N) is 2. The Hall–Kier alpha value is -3.88. The quantitative estimate of drug-likeness (QED) is 0.476. The molecule has 0 aliphatic heterocycles. The molecule has 190 valence electrons. The van der Waals surface area contributed by atoms with Crippen LogP contribution in [0.4, 0.5) is 10.1 Å². The number of aryl methyl sites for hydroxylation is 2. The van der Waals surface area contributed by atoms with Gasteiger partial charge in [-0.1, -0.05) is 25.3 Å². The lowest BCUT2D eigenvalue weighted by Crippen LogP contribution is -2.49. The van der Waals surface area contributed by atoms with Crippen molar-refractivity contribution in [3.63, 3.8) is 0 Å². The van der Waals surface area contributed by atoms with Gasteiger partial charge in [-0.25, -0.2) is 4.39 Å². The highest BCUT2D eigenvalue weighted by Gasteiger charge is 2.36. The van der Waals surface area contributed by atoms with Crippen LogP contribution in [0.1, 0.15) is 65.8 Å². The van der Waals surface area contributed by atoms with Crippen LogP contribution in [0.15, 0.2) is 57.6 Å². The van der Waals surface area contributed by atoms with Gasteiger partial charge in [-0.2, -0.15) is 0 Å². The summed E-state index contributed by atoms with van der Waals surface area (Å²) in [6.45, 7) is 2.90. The Morgan fingerprint density at radius 2 is 1.86 bits per heavy atom. The first-order valence-corrected chi connectivity index (χ1v) is 12.1. The van der Waals surface area contributed by atoms with Crippen LogP contribution >= 0.6 is 0 Å². The van der Waals surface area contributed by atoms with E-state index in [2.05, 4.69) is 10.6 Å². The number of rotatable bonds is 8. The maximum atomic E-state index is 14.6. The molecule has 1 atom stereocenters. The van der Waals surface area contributed by atoms with E-state index in [1.54, 1.807) is 38.1 Å². The highest BCUT2D eigenvalue weighted by molar-refractivity contribution is 6.04. The van der Waals surface area contributed by atoms with Gasteiger partial charge in [0, 0.05) is 11.7 Å². The monoisotopic (exact) mass is 495 g/mol. The predicted octanol–water partition coefficient (Wildman–Crippen LogP) is 4.58. The molecule has 1 unspecified atom stereocenters. The molecule has 1 aromatic carbocycles. The number of hydrogen-bond acceptors (Lipinski definition) is 5. The number of halogens is 1. The molecule has 4 rings (SSSR count). The lowest BCUT2D eigenvalue weighted by molar-refractivity contribution is -0.127. The minimum atomic E-state index is -1.20. The number of nitrogens with zero attached hydrogens (tertiary/aromatic N) is 1. The van der Waals surface area contributed by atoms with Crippen molar-refractivity contribution in [1.29, 1.82) is 0 Å². The number of carbonyl (C=O) groups excluding carboxylic acids is 3. The summed E-state index contributed by atoms with van der Waals surface area (Å²) in [6.07, 6.45) is 6.20. The van der Waals surface area contributed by atoms with Crippen molar-refractivity contribution >= 4 is 23.4 Å². The van der Waals surface area contributed by atoms with Crippen LogP contribution in [-0.2, 0) is 9.59 Å². The van der Waals surface area contributed by atoms with Gasteiger partial charge in [0.15, 0.2) is 11.8 Å². The maximum absolute atomic E-state index is 14.6. The molecule has 0 radical (unpaired) electrons. The summed E-state index contributed by atoms with van der Waals surface area (Å²) in [5, 5.41) is 5.57. The zero-order chi connectivity index (χ0) is 25.7. The molecule has 2 N–H and O–H groups in total. The summed E-state index contributed by atoms with van der Waals surface area (Å²) in [6, 6.07) is 9.46. The van der Waals surface area contributed by atoms with Gasteiger partial charge in [-0.05, 0) is 68.7 Å². The Morgan fingerprint density at radius 3 is 2.50 bits per heavy atom. The highest BCUT2D eigenvalue weighted by Crippen LogP contribution is 2.31. The standard InChI is InChI=1S/C27H30FN3O5/c1-17-10-12-20(15-21(17)28)31(24(32)16-29-26(33)23-9-6-14-35-23)25(22-13-11-18(2)36-22)27(34)30-19-7-4-3-5-8-19/h6,9-15,19,25H,3-5,7-8,16H2,1-2H3,(H,29,33)(H,30,34). The second-order valence-corrected chi connectivity index (χ2v) is 9.05. The lowest BCUT2D eigenvalue weighted by atomic mass is 9.95. The van der Waals surface area contributed by atoms with Crippen LogP contribution < -0.4 is 15.5 Å². The largest absolute Gasteiger partial charge is 0.464 e. The first-order valence-electron chi connectivity index (χ1n) is 12.1. The van der Waals surface area contributed by atoms with E-state index in [4.69, 9.17) is 8.83 Å². The molecule has 2 heterocycles. The Balaban J connectivity index is 1.68. The molecular weight excluding hydrogens is 465 g/mol. The first-order chi connectivity index (χ1) is 17.3. The second kappa shape index (κ2) is 11.2. The maximum Gasteiger partial charge on any atom is 0.287 e. The Morgan fingerprint density at radius 1 is 1.08 bits per heavy atom. The summed E-state index contributed by atoms with van der Waals surface area (Å²) in [7, 11) is 0. The third-order valence-electron chi connectivity index (χ3n) is 6.34. The van der Waals surface area contributed by atoms with Gasteiger partial charge in [-0.15, -0.1) is 0 Å². The molecule has 36 heavy (non-hydrogen) atoms. The SMILES string of the molecule is Cc1ccc(C(C(=O)NC2CCCCC2)N(C(=O)CNC(=O)c2ccco2)c2ccc(C)c(F)c2)o1. The first kappa shape index (κ1) is 25.2. The number of amides is 3. The van der Waals surface area contributed by atoms with Gasteiger partial charge < -0.3 is 19.5 Å². The smallest absolute Gasteiger partial charge is 0.287 e. The molecule has 1 saturated carbocycles. The van der Waals surface area contributed by atoms with E-state index in [0.717, 1.165) is 32.1 Å². The van der Waals surface area contributed by atoms with Crippen molar-refractivity contribution in [2.45, 2.75) is 58.0 Å². The molecule has 1 aliphatic rings. The third-order valence-corrected chi connectivity index (χ3v) is 6.34. The topological polar surface area (TPSA) is 105 Å².